The zero-order valence-electron chi connectivity index (χ0n) is 10.9. The summed E-state index contributed by atoms with van der Waals surface area (Å²) in [6, 6.07) is 0. The highest BCUT2D eigenvalue weighted by Gasteiger charge is 2.26. The van der Waals surface area contributed by atoms with Crippen molar-refractivity contribution in [1.82, 2.24) is 19.9 Å². The van der Waals surface area contributed by atoms with E-state index >= 15 is 0 Å². The zero-order valence-corrected chi connectivity index (χ0v) is 10.9. The minimum atomic E-state index is 0.513. The quantitative estimate of drug-likeness (QED) is 0.800. The van der Waals surface area contributed by atoms with Gasteiger partial charge in [0.25, 0.3) is 0 Å². The van der Waals surface area contributed by atoms with Crippen LogP contribution in [-0.4, -0.2) is 40.5 Å². The largest absolute Gasteiger partial charge is 0.325 e. The van der Waals surface area contributed by atoms with E-state index in [1.165, 1.54) is 25.0 Å². The van der Waals surface area contributed by atoms with Gasteiger partial charge in [-0.1, -0.05) is 11.6 Å². The molecule has 0 radical (unpaired) electrons. The summed E-state index contributed by atoms with van der Waals surface area (Å²) in [4.78, 5) is 2.20. The van der Waals surface area contributed by atoms with E-state index in [1.807, 2.05) is 0 Å². The fourth-order valence-electron chi connectivity index (χ4n) is 2.33. The number of aryl methyl sites for hydroxylation is 1. The normalized spacial score (nSPS) is 16.5. The summed E-state index contributed by atoms with van der Waals surface area (Å²) < 4.78 is 2.08. The van der Waals surface area contributed by atoms with Gasteiger partial charge in [-0.25, -0.2) is 4.68 Å². The van der Waals surface area contributed by atoms with Gasteiger partial charge in [-0.3, -0.25) is 0 Å². The van der Waals surface area contributed by atoms with Crippen LogP contribution < -0.4 is 5.73 Å². The first-order valence-corrected chi connectivity index (χ1v) is 6.49. The van der Waals surface area contributed by atoms with E-state index in [4.69, 9.17) is 5.73 Å². The Hall–Kier alpha value is -0.940. The van der Waals surface area contributed by atoms with Crippen LogP contribution in [0.2, 0.25) is 0 Å². The molecule has 1 fully saturated rings. The first kappa shape index (κ1) is 12.5. The summed E-state index contributed by atoms with van der Waals surface area (Å²) >= 11 is 0. The van der Waals surface area contributed by atoms with Crippen LogP contribution in [0.15, 0.2) is 0 Å². The van der Waals surface area contributed by atoms with E-state index < -0.39 is 0 Å². The fraction of sp³-hybridized carbons (Fsp3) is 0.833. The number of hydrogen-bond acceptors (Lipinski definition) is 4. The molecule has 5 nitrogen and oxygen atoms in total. The van der Waals surface area contributed by atoms with Crippen LogP contribution in [0.3, 0.4) is 0 Å². The molecule has 1 aromatic rings. The Morgan fingerprint density at radius 1 is 1.41 bits per heavy atom. The lowest BCUT2D eigenvalue weighted by molar-refractivity contribution is 0.356. The van der Waals surface area contributed by atoms with Crippen LogP contribution in [0.5, 0.6) is 0 Å². The second kappa shape index (κ2) is 5.60. The highest BCUT2D eigenvalue weighted by atomic mass is 15.4. The van der Waals surface area contributed by atoms with Crippen LogP contribution in [0.25, 0.3) is 0 Å². The molecule has 0 bridgehead atoms. The molecule has 0 saturated heterocycles. The molecule has 0 amide bonds. The Morgan fingerprint density at radius 2 is 2.18 bits per heavy atom. The van der Waals surface area contributed by atoms with Gasteiger partial charge in [0.2, 0.25) is 0 Å². The van der Waals surface area contributed by atoms with Crippen molar-refractivity contribution in [3.63, 3.8) is 0 Å². The van der Waals surface area contributed by atoms with Gasteiger partial charge in [0.15, 0.2) is 0 Å². The van der Waals surface area contributed by atoms with E-state index in [-0.39, 0.29) is 0 Å². The standard InChI is InChI=1S/C12H23N5/c1-16(2)7-4-8-17-12(10-5-3-6-10)11(9-13)14-15-17/h10H,3-9,13H2,1-2H3. The molecule has 1 saturated carbocycles. The zero-order chi connectivity index (χ0) is 12.3. The third-order valence-corrected chi connectivity index (χ3v) is 3.51. The van der Waals surface area contributed by atoms with Gasteiger partial charge in [-0.2, -0.15) is 0 Å². The van der Waals surface area contributed by atoms with Crippen LogP contribution in [-0.2, 0) is 13.1 Å². The maximum absolute atomic E-state index is 5.73. The number of aromatic nitrogens is 3. The lowest BCUT2D eigenvalue weighted by atomic mass is 9.82. The molecule has 1 aromatic heterocycles. The minimum absolute atomic E-state index is 0.513. The van der Waals surface area contributed by atoms with Crippen molar-refractivity contribution in [3.05, 3.63) is 11.4 Å². The van der Waals surface area contributed by atoms with Crippen molar-refractivity contribution in [2.24, 2.45) is 5.73 Å². The SMILES string of the molecule is CN(C)CCCn1nnc(CN)c1C1CCC1. The smallest absolute Gasteiger partial charge is 0.0997 e. The van der Waals surface area contributed by atoms with Gasteiger partial charge in [0.05, 0.1) is 11.4 Å². The Labute approximate surface area is 103 Å². The van der Waals surface area contributed by atoms with Crippen molar-refractivity contribution in [2.45, 2.75) is 44.7 Å². The van der Waals surface area contributed by atoms with Gasteiger partial charge in [-0.15, -0.1) is 5.10 Å². The number of nitrogens with zero attached hydrogens (tertiary/aromatic N) is 4. The Morgan fingerprint density at radius 3 is 2.71 bits per heavy atom. The predicted octanol–water partition coefficient (Wildman–Crippen LogP) is 0.956. The van der Waals surface area contributed by atoms with Gasteiger partial charge >= 0.3 is 0 Å². The molecule has 0 unspecified atom stereocenters. The maximum atomic E-state index is 5.73. The van der Waals surface area contributed by atoms with E-state index in [9.17, 15) is 0 Å². The number of nitrogens with two attached hydrogens (primary N) is 1. The van der Waals surface area contributed by atoms with Crippen molar-refractivity contribution >= 4 is 0 Å². The third kappa shape index (κ3) is 2.84. The molecular weight excluding hydrogens is 214 g/mol. The maximum Gasteiger partial charge on any atom is 0.0997 e. The summed E-state index contributed by atoms with van der Waals surface area (Å²) in [6.45, 7) is 2.55. The summed E-state index contributed by atoms with van der Waals surface area (Å²) in [6.07, 6.45) is 4.99. The van der Waals surface area contributed by atoms with Gasteiger partial charge < -0.3 is 10.6 Å². The second-order valence-electron chi connectivity index (χ2n) is 5.13. The fourth-order valence-corrected chi connectivity index (χ4v) is 2.33. The van der Waals surface area contributed by atoms with Crippen LogP contribution in [0.4, 0.5) is 0 Å². The molecule has 0 spiro atoms. The van der Waals surface area contributed by atoms with Crippen LogP contribution in [0, 0.1) is 0 Å². The van der Waals surface area contributed by atoms with Gasteiger partial charge in [0.1, 0.15) is 0 Å². The summed E-state index contributed by atoms with van der Waals surface area (Å²) in [5, 5.41) is 8.46. The van der Waals surface area contributed by atoms with E-state index in [1.54, 1.807) is 0 Å². The van der Waals surface area contributed by atoms with Crippen molar-refractivity contribution in [1.29, 1.82) is 0 Å². The summed E-state index contributed by atoms with van der Waals surface area (Å²) in [5.41, 5.74) is 8.04. The molecule has 5 heteroatoms. The molecule has 1 aliphatic rings. The first-order valence-electron chi connectivity index (χ1n) is 6.49. The number of hydrogen-bond donors (Lipinski definition) is 1. The van der Waals surface area contributed by atoms with Crippen LogP contribution >= 0.6 is 0 Å². The predicted molar refractivity (Wildman–Crippen MR) is 67.7 cm³/mol. The molecule has 2 rings (SSSR count). The van der Waals surface area contributed by atoms with Gasteiger partial charge in [0, 0.05) is 19.0 Å². The minimum Gasteiger partial charge on any atom is -0.325 e. The molecule has 0 aliphatic heterocycles. The Balaban J connectivity index is 2.02. The lowest BCUT2D eigenvalue weighted by Crippen LogP contribution is -2.20. The summed E-state index contributed by atoms with van der Waals surface area (Å²) in [5.74, 6) is 0.655. The van der Waals surface area contributed by atoms with Crippen molar-refractivity contribution < 1.29 is 0 Å². The molecule has 1 aliphatic carbocycles. The van der Waals surface area contributed by atoms with Crippen molar-refractivity contribution in [3.8, 4) is 0 Å². The highest BCUT2D eigenvalue weighted by Crippen LogP contribution is 2.37. The molecule has 0 atom stereocenters. The highest BCUT2D eigenvalue weighted by molar-refractivity contribution is 5.17. The molecule has 2 N–H and O–H groups in total. The Kier molecular flexibility index (Phi) is 4.12. The molecular formula is C12H23N5. The topological polar surface area (TPSA) is 60.0 Å². The summed E-state index contributed by atoms with van der Waals surface area (Å²) in [7, 11) is 4.19. The average Bonchev–Trinajstić information content (AvgIpc) is 2.59. The molecule has 17 heavy (non-hydrogen) atoms. The Bertz CT molecular complexity index is 354. The third-order valence-electron chi connectivity index (χ3n) is 3.51. The van der Waals surface area contributed by atoms with Crippen molar-refractivity contribution in [2.75, 3.05) is 20.6 Å². The van der Waals surface area contributed by atoms with E-state index in [0.717, 1.165) is 25.2 Å². The number of rotatable bonds is 6. The van der Waals surface area contributed by atoms with Crippen LogP contribution in [0.1, 0.15) is 43.0 Å². The molecule has 96 valence electrons. The average molecular weight is 237 g/mol. The van der Waals surface area contributed by atoms with Gasteiger partial charge in [-0.05, 0) is 39.9 Å². The lowest BCUT2D eigenvalue weighted by Gasteiger charge is -2.26. The molecule has 0 aromatic carbocycles. The van der Waals surface area contributed by atoms with E-state index in [2.05, 4.69) is 34.0 Å². The monoisotopic (exact) mass is 237 g/mol. The molecule has 1 heterocycles. The van der Waals surface area contributed by atoms with E-state index in [0.29, 0.717) is 12.5 Å². The first-order chi connectivity index (χ1) is 8.22. The second-order valence-corrected chi connectivity index (χ2v) is 5.13.